The number of pyridine rings is 1. The second-order valence-corrected chi connectivity index (χ2v) is 7.73. The lowest BCUT2D eigenvalue weighted by Gasteiger charge is -2.29. The first kappa shape index (κ1) is 15.7. The molecule has 0 bridgehead atoms. The average Bonchev–Trinajstić information content (AvgIpc) is 2.74. The molecule has 1 aromatic heterocycles. The van der Waals surface area contributed by atoms with Crippen LogP contribution in [0.1, 0.15) is 31.7 Å². The summed E-state index contributed by atoms with van der Waals surface area (Å²) in [6, 6.07) is 1.25. The lowest BCUT2D eigenvalue weighted by Crippen LogP contribution is -2.44. The minimum Gasteiger partial charge on any atom is -0.396 e. The highest BCUT2D eigenvalue weighted by molar-refractivity contribution is 7.89. The summed E-state index contributed by atoms with van der Waals surface area (Å²) in [5.41, 5.74) is 0.216. The average molecular weight is 319 g/mol. The maximum absolute atomic E-state index is 12.4. The molecule has 0 radical (unpaired) electrons. The van der Waals surface area contributed by atoms with Crippen LogP contribution in [0.5, 0.6) is 0 Å². The standard InChI is InChI=1S/C13H19ClN2O3S/c1-9-6-10(7-15-12(9)14)20(18,19)16-11-4-3-5-13(11,2)8-17/h6-7,11,16-17H,3-5,8H2,1-2H3. The molecule has 0 amide bonds. The van der Waals surface area contributed by atoms with Crippen LogP contribution in [0.4, 0.5) is 0 Å². The third-order valence-electron chi connectivity index (χ3n) is 4.04. The number of nitrogens with one attached hydrogen (secondary N) is 1. The molecule has 7 heteroatoms. The maximum Gasteiger partial charge on any atom is 0.242 e. The van der Waals surface area contributed by atoms with E-state index in [1.807, 2.05) is 6.92 Å². The Labute approximate surface area is 124 Å². The summed E-state index contributed by atoms with van der Waals surface area (Å²) in [5, 5.41) is 9.78. The van der Waals surface area contributed by atoms with Crippen molar-refractivity contribution < 1.29 is 13.5 Å². The van der Waals surface area contributed by atoms with Crippen molar-refractivity contribution in [3.05, 3.63) is 23.0 Å². The molecule has 0 saturated heterocycles. The number of aryl methyl sites for hydroxylation is 1. The van der Waals surface area contributed by atoms with Crippen LogP contribution in [0, 0.1) is 12.3 Å². The first-order chi connectivity index (χ1) is 9.28. The SMILES string of the molecule is Cc1cc(S(=O)(=O)NC2CCCC2(C)CO)cnc1Cl. The van der Waals surface area contributed by atoms with Gasteiger partial charge in [0.05, 0.1) is 0 Å². The highest BCUT2D eigenvalue weighted by Gasteiger charge is 2.40. The summed E-state index contributed by atoms with van der Waals surface area (Å²) in [6.07, 6.45) is 3.70. The molecule has 20 heavy (non-hydrogen) atoms. The number of halogens is 1. The second-order valence-electron chi connectivity index (χ2n) is 5.66. The Bertz CT molecular complexity index is 606. The van der Waals surface area contributed by atoms with Gasteiger partial charge < -0.3 is 5.11 Å². The number of aromatic nitrogens is 1. The van der Waals surface area contributed by atoms with Crippen molar-refractivity contribution in [2.24, 2.45) is 5.41 Å². The van der Waals surface area contributed by atoms with Crippen LogP contribution in [0.15, 0.2) is 17.2 Å². The molecule has 1 fully saturated rings. The topological polar surface area (TPSA) is 79.3 Å². The van der Waals surface area contributed by atoms with E-state index >= 15 is 0 Å². The third kappa shape index (κ3) is 2.98. The Balaban J connectivity index is 2.25. The summed E-state index contributed by atoms with van der Waals surface area (Å²) in [4.78, 5) is 3.98. The molecular weight excluding hydrogens is 300 g/mol. The molecule has 1 saturated carbocycles. The molecule has 1 heterocycles. The summed E-state index contributed by atoms with van der Waals surface area (Å²) in [6.45, 7) is 3.58. The van der Waals surface area contributed by atoms with Gasteiger partial charge in [-0.1, -0.05) is 24.9 Å². The molecule has 2 unspecified atom stereocenters. The predicted molar refractivity (Wildman–Crippen MR) is 77.1 cm³/mol. The van der Waals surface area contributed by atoms with Crippen molar-refractivity contribution in [1.29, 1.82) is 0 Å². The van der Waals surface area contributed by atoms with Crippen LogP contribution in [0.3, 0.4) is 0 Å². The molecule has 0 aliphatic heterocycles. The van der Waals surface area contributed by atoms with E-state index in [0.29, 0.717) is 10.7 Å². The van der Waals surface area contributed by atoms with Crippen LogP contribution in [0.2, 0.25) is 5.15 Å². The number of hydrogen-bond acceptors (Lipinski definition) is 4. The lowest BCUT2D eigenvalue weighted by atomic mass is 9.86. The molecule has 5 nitrogen and oxygen atoms in total. The molecule has 1 aromatic rings. The van der Waals surface area contributed by atoms with Gasteiger partial charge in [0.25, 0.3) is 0 Å². The van der Waals surface area contributed by atoms with Gasteiger partial charge in [-0.25, -0.2) is 18.1 Å². The highest BCUT2D eigenvalue weighted by atomic mass is 35.5. The zero-order chi connectivity index (χ0) is 15.0. The van der Waals surface area contributed by atoms with Gasteiger partial charge in [-0.2, -0.15) is 0 Å². The van der Waals surface area contributed by atoms with Gasteiger partial charge in [0.15, 0.2) is 0 Å². The van der Waals surface area contributed by atoms with Crippen molar-refractivity contribution in [1.82, 2.24) is 9.71 Å². The Morgan fingerprint density at radius 2 is 2.30 bits per heavy atom. The van der Waals surface area contributed by atoms with Gasteiger partial charge in [0.1, 0.15) is 10.0 Å². The van der Waals surface area contributed by atoms with Crippen molar-refractivity contribution >= 4 is 21.6 Å². The van der Waals surface area contributed by atoms with Gasteiger partial charge in [-0.3, -0.25) is 0 Å². The summed E-state index contributed by atoms with van der Waals surface area (Å²) in [7, 11) is -3.65. The minimum atomic E-state index is -3.65. The molecular formula is C13H19ClN2O3S. The molecule has 0 spiro atoms. The Hall–Kier alpha value is -0.690. The van der Waals surface area contributed by atoms with Crippen molar-refractivity contribution in [2.75, 3.05) is 6.61 Å². The number of nitrogens with zero attached hydrogens (tertiary/aromatic N) is 1. The van der Waals surface area contributed by atoms with E-state index in [2.05, 4.69) is 9.71 Å². The second kappa shape index (κ2) is 5.60. The summed E-state index contributed by atoms with van der Waals surface area (Å²) >= 11 is 5.81. The van der Waals surface area contributed by atoms with E-state index < -0.39 is 15.4 Å². The van der Waals surface area contributed by atoms with E-state index in [1.54, 1.807) is 6.92 Å². The fourth-order valence-corrected chi connectivity index (χ4v) is 4.10. The number of hydrogen-bond donors (Lipinski definition) is 2. The zero-order valence-electron chi connectivity index (χ0n) is 11.6. The minimum absolute atomic E-state index is 0.0297. The van der Waals surface area contributed by atoms with Gasteiger partial charge in [-0.15, -0.1) is 0 Å². The largest absolute Gasteiger partial charge is 0.396 e. The van der Waals surface area contributed by atoms with Crippen LogP contribution < -0.4 is 4.72 Å². The fourth-order valence-electron chi connectivity index (χ4n) is 2.56. The Morgan fingerprint density at radius 3 is 2.90 bits per heavy atom. The van der Waals surface area contributed by atoms with E-state index in [9.17, 15) is 13.5 Å². The first-order valence-corrected chi connectivity index (χ1v) is 8.40. The van der Waals surface area contributed by atoms with E-state index in [-0.39, 0.29) is 17.5 Å². The van der Waals surface area contributed by atoms with Crippen LogP contribution in [-0.4, -0.2) is 31.2 Å². The van der Waals surface area contributed by atoms with E-state index in [4.69, 9.17) is 11.6 Å². The first-order valence-electron chi connectivity index (χ1n) is 6.54. The van der Waals surface area contributed by atoms with Crippen molar-refractivity contribution in [3.8, 4) is 0 Å². The molecule has 2 N–H and O–H groups in total. The van der Waals surface area contributed by atoms with Crippen LogP contribution in [-0.2, 0) is 10.0 Å². The third-order valence-corrected chi connectivity index (χ3v) is 5.87. The maximum atomic E-state index is 12.4. The van der Waals surface area contributed by atoms with Crippen LogP contribution >= 0.6 is 11.6 Å². The molecule has 0 aromatic carbocycles. The number of rotatable bonds is 4. The fraction of sp³-hybridized carbons (Fsp3) is 0.615. The highest BCUT2D eigenvalue weighted by Crippen LogP contribution is 2.38. The summed E-state index contributed by atoms with van der Waals surface area (Å²) in [5.74, 6) is 0. The summed E-state index contributed by atoms with van der Waals surface area (Å²) < 4.78 is 27.4. The van der Waals surface area contributed by atoms with Gasteiger partial charge in [0.2, 0.25) is 10.0 Å². The van der Waals surface area contributed by atoms with Gasteiger partial charge in [-0.05, 0) is 31.4 Å². The van der Waals surface area contributed by atoms with Gasteiger partial charge in [0, 0.05) is 24.3 Å². The molecule has 2 rings (SSSR count). The normalized spacial score (nSPS) is 26.9. The predicted octanol–water partition coefficient (Wildman–Crippen LogP) is 1.87. The molecule has 112 valence electrons. The van der Waals surface area contributed by atoms with E-state index in [1.165, 1.54) is 12.3 Å². The zero-order valence-corrected chi connectivity index (χ0v) is 13.1. The number of aliphatic hydroxyl groups is 1. The van der Waals surface area contributed by atoms with Crippen LogP contribution in [0.25, 0.3) is 0 Å². The Kier molecular flexibility index (Phi) is 4.39. The van der Waals surface area contributed by atoms with Crippen molar-refractivity contribution in [3.63, 3.8) is 0 Å². The van der Waals surface area contributed by atoms with Gasteiger partial charge >= 0.3 is 0 Å². The number of aliphatic hydroxyl groups excluding tert-OH is 1. The molecule has 2 atom stereocenters. The lowest BCUT2D eigenvalue weighted by molar-refractivity contribution is 0.127. The van der Waals surface area contributed by atoms with Crippen molar-refractivity contribution in [2.45, 2.75) is 44.0 Å². The number of sulfonamides is 1. The van der Waals surface area contributed by atoms with E-state index in [0.717, 1.165) is 19.3 Å². The monoisotopic (exact) mass is 318 g/mol. The Morgan fingerprint density at radius 1 is 1.60 bits per heavy atom. The quantitative estimate of drug-likeness (QED) is 0.831. The molecule has 1 aliphatic carbocycles. The smallest absolute Gasteiger partial charge is 0.242 e. The molecule has 1 aliphatic rings.